The van der Waals surface area contributed by atoms with Crippen LogP contribution in [0.5, 0.6) is 0 Å². The van der Waals surface area contributed by atoms with Gasteiger partial charge in [0.15, 0.2) is 0 Å². The molecule has 0 bridgehead atoms. The van der Waals surface area contributed by atoms with E-state index in [9.17, 15) is 0 Å². The number of rotatable bonds is 4. The van der Waals surface area contributed by atoms with E-state index in [4.69, 9.17) is 0 Å². The minimum Gasteiger partial charge on any atom is -0.0622 e. The first kappa shape index (κ1) is 29.7. The van der Waals surface area contributed by atoms with Crippen molar-refractivity contribution in [3.63, 3.8) is 0 Å². The molecular weight excluding hydrogens is 613 g/mol. The summed E-state index contributed by atoms with van der Waals surface area (Å²) in [5.74, 6) is 0. The maximum absolute atomic E-state index is 2.48. The largest absolute Gasteiger partial charge is 0.0622 e. The first-order valence-electron chi connectivity index (χ1n) is 17.9. The summed E-state index contributed by atoms with van der Waals surface area (Å²) in [6.45, 7) is 4.75. The molecule has 0 N–H and O–H groups in total. The normalized spacial score (nSPS) is 13.1. The van der Waals surface area contributed by atoms with E-state index in [1.165, 1.54) is 99.1 Å². The second kappa shape index (κ2) is 11.4. The fraction of sp³-hybridized carbons (Fsp3) is 0.0588. The quantitative estimate of drug-likeness (QED) is 0.167. The van der Waals surface area contributed by atoms with E-state index in [1.54, 1.807) is 0 Å². The third-order valence-corrected chi connectivity index (χ3v) is 11.3. The molecule has 0 radical (unpaired) electrons. The highest BCUT2D eigenvalue weighted by molar-refractivity contribution is 6.23. The van der Waals surface area contributed by atoms with Crippen LogP contribution >= 0.6 is 0 Å². The molecule has 51 heavy (non-hydrogen) atoms. The molecule has 0 unspecified atom stereocenters. The molecule has 0 heteroatoms. The van der Waals surface area contributed by atoms with Gasteiger partial charge < -0.3 is 0 Å². The van der Waals surface area contributed by atoms with Gasteiger partial charge in [0.25, 0.3) is 0 Å². The van der Waals surface area contributed by atoms with Crippen LogP contribution in [0, 0.1) is 0 Å². The van der Waals surface area contributed by atoms with E-state index in [1.807, 2.05) is 0 Å². The molecule has 1 aliphatic carbocycles. The molecule has 0 atom stereocenters. The van der Waals surface area contributed by atoms with Gasteiger partial charge in [-0.05, 0) is 117 Å². The predicted molar refractivity (Wildman–Crippen MR) is 218 cm³/mol. The predicted octanol–water partition coefficient (Wildman–Crippen LogP) is 14.1. The van der Waals surface area contributed by atoms with Crippen LogP contribution in [0.25, 0.3) is 88.0 Å². The molecule has 0 amide bonds. The number of fused-ring (bicyclic) bond motifs is 6. The topological polar surface area (TPSA) is 0 Å². The van der Waals surface area contributed by atoms with Crippen molar-refractivity contribution in [3.05, 3.63) is 193 Å². The van der Waals surface area contributed by atoms with Crippen LogP contribution in [0.15, 0.2) is 182 Å². The molecule has 0 aromatic heterocycles. The Morgan fingerprint density at radius 1 is 0.294 bits per heavy atom. The third-order valence-electron chi connectivity index (χ3n) is 11.3. The summed E-state index contributed by atoms with van der Waals surface area (Å²) < 4.78 is 0. The van der Waals surface area contributed by atoms with Crippen LogP contribution in [-0.2, 0) is 5.41 Å². The highest BCUT2D eigenvalue weighted by Gasteiger charge is 2.35. The first-order valence-corrected chi connectivity index (χ1v) is 17.9. The Kier molecular flexibility index (Phi) is 6.63. The third kappa shape index (κ3) is 4.60. The van der Waals surface area contributed by atoms with E-state index < -0.39 is 0 Å². The molecule has 0 nitrogen and oxygen atoms in total. The second-order valence-corrected chi connectivity index (χ2v) is 14.5. The average Bonchev–Trinajstić information content (AvgIpc) is 3.42. The molecular formula is C51H36. The van der Waals surface area contributed by atoms with Gasteiger partial charge in [-0.2, -0.15) is 0 Å². The van der Waals surface area contributed by atoms with Gasteiger partial charge in [-0.1, -0.05) is 178 Å². The monoisotopic (exact) mass is 648 g/mol. The van der Waals surface area contributed by atoms with Crippen molar-refractivity contribution in [2.24, 2.45) is 0 Å². The molecule has 0 heterocycles. The Balaban J connectivity index is 1.29. The zero-order valence-electron chi connectivity index (χ0n) is 28.8. The highest BCUT2D eigenvalue weighted by Crippen LogP contribution is 2.52. The van der Waals surface area contributed by atoms with Crippen molar-refractivity contribution in [1.82, 2.24) is 0 Å². The van der Waals surface area contributed by atoms with Gasteiger partial charge in [0.05, 0.1) is 0 Å². The van der Waals surface area contributed by atoms with Gasteiger partial charge in [-0.25, -0.2) is 0 Å². The molecule has 1 aliphatic rings. The Morgan fingerprint density at radius 2 is 0.882 bits per heavy atom. The van der Waals surface area contributed by atoms with Crippen molar-refractivity contribution in [2.45, 2.75) is 19.3 Å². The highest BCUT2D eigenvalue weighted by atomic mass is 14.4. The SMILES string of the molecule is CC1(C)c2ccccc2-c2ccc(-c3c4ccccc4c(-c4ccccc4-c4ccc5ccccc5c4)c4ccc(-c5ccccc5)cc34)cc21. The van der Waals surface area contributed by atoms with Crippen LogP contribution in [0.2, 0.25) is 0 Å². The van der Waals surface area contributed by atoms with Gasteiger partial charge >= 0.3 is 0 Å². The van der Waals surface area contributed by atoms with Crippen molar-refractivity contribution < 1.29 is 0 Å². The summed E-state index contributed by atoms with van der Waals surface area (Å²) in [4.78, 5) is 0. The van der Waals surface area contributed by atoms with E-state index in [-0.39, 0.29) is 5.41 Å². The molecule has 0 aliphatic heterocycles. The Hall–Kier alpha value is -6.24. The van der Waals surface area contributed by atoms with Crippen LogP contribution in [0.3, 0.4) is 0 Å². The van der Waals surface area contributed by atoms with Crippen LogP contribution in [0.1, 0.15) is 25.0 Å². The van der Waals surface area contributed by atoms with Crippen molar-refractivity contribution in [1.29, 1.82) is 0 Å². The summed E-state index contributed by atoms with van der Waals surface area (Å²) in [6, 6.07) is 67.5. The molecule has 9 aromatic rings. The fourth-order valence-corrected chi connectivity index (χ4v) is 8.76. The summed E-state index contributed by atoms with van der Waals surface area (Å²) in [5, 5.41) is 7.58. The molecule has 240 valence electrons. The standard InChI is InChI=1S/C51H36/c1-51(2)47-23-13-12-19-40(47)41-28-27-38(32-48(41)51)49-43-21-10-11-22-44(43)50(45-29-26-36(31-46(45)49)33-14-4-3-5-15-33)42-20-9-8-18-39(42)37-25-24-34-16-6-7-17-35(34)30-37/h3-32H,1-2H3. The molecule has 0 saturated heterocycles. The average molecular weight is 649 g/mol. The number of hydrogen-bond donors (Lipinski definition) is 0. The second-order valence-electron chi connectivity index (χ2n) is 14.5. The van der Waals surface area contributed by atoms with Gasteiger partial charge in [0, 0.05) is 5.41 Å². The van der Waals surface area contributed by atoms with Crippen molar-refractivity contribution in [3.8, 4) is 55.6 Å². The fourth-order valence-electron chi connectivity index (χ4n) is 8.76. The van der Waals surface area contributed by atoms with Crippen LogP contribution in [-0.4, -0.2) is 0 Å². The number of hydrogen-bond acceptors (Lipinski definition) is 0. The minimum absolute atomic E-state index is 0.0819. The zero-order valence-corrected chi connectivity index (χ0v) is 28.8. The van der Waals surface area contributed by atoms with E-state index >= 15 is 0 Å². The van der Waals surface area contributed by atoms with Gasteiger partial charge in [0.1, 0.15) is 0 Å². The Labute approximate surface area is 299 Å². The summed E-state index contributed by atoms with van der Waals surface area (Å²) in [5.41, 5.74) is 15.4. The van der Waals surface area contributed by atoms with Crippen molar-refractivity contribution >= 4 is 32.3 Å². The minimum atomic E-state index is -0.0819. The van der Waals surface area contributed by atoms with E-state index in [0.717, 1.165) is 0 Å². The molecule has 9 aromatic carbocycles. The molecule has 0 fully saturated rings. The maximum atomic E-state index is 2.48. The van der Waals surface area contributed by atoms with Gasteiger partial charge in [-0.15, -0.1) is 0 Å². The first-order chi connectivity index (χ1) is 25.1. The summed E-state index contributed by atoms with van der Waals surface area (Å²) in [6.07, 6.45) is 0. The Bertz CT molecular complexity index is 2820. The molecule has 10 rings (SSSR count). The van der Waals surface area contributed by atoms with E-state index in [0.29, 0.717) is 0 Å². The van der Waals surface area contributed by atoms with Gasteiger partial charge in [-0.3, -0.25) is 0 Å². The van der Waals surface area contributed by atoms with Crippen molar-refractivity contribution in [2.75, 3.05) is 0 Å². The van der Waals surface area contributed by atoms with Crippen LogP contribution in [0.4, 0.5) is 0 Å². The molecule has 0 saturated carbocycles. The van der Waals surface area contributed by atoms with Gasteiger partial charge in [0.2, 0.25) is 0 Å². The lowest BCUT2D eigenvalue weighted by Gasteiger charge is -2.23. The smallest absolute Gasteiger partial charge is 0.0159 e. The summed E-state index contributed by atoms with van der Waals surface area (Å²) in [7, 11) is 0. The summed E-state index contributed by atoms with van der Waals surface area (Å²) >= 11 is 0. The Morgan fingerprint density at radius 3 is 1.71 bits per heavy atom. The lowest BCUT2D eigenvalue weighted by atomic mass is 9.80. The lowest BCUT2D eigenvalue weighted by molar-refractivity contribution is 0.660. The zero-order chi connectivity index (χ0) is 34.1. The molecule has 0 spiro atoms. The lowest BCUT2D eigenvalue weighted by Crippen LogP contribution is -2.14. The maximum Gasteiger partial charge on any atom is 0.0159 e. The van der Waals surface area contributed by atoms with E-state index in [2.05, 4.69) is 196 Å². The number of benzene rings is 9. The van der Waals surface area contributed by atoms with Crippen LogP contribution < -0.4 is 0 Å².